The first-order chi connectivity index (χ1) is 15.2. The fourth-order valence-electron chi connectivity index (χ4n) is 3.01. The highest BCUT2D eigenvalue weighted by molar-refractivity contribution is 7.99. The summed E-state index contributed by atoms with van der Waals surface area (Å²) in [5, 5.41) is 9.71. The zero-order valence-corrected chi connectivity index (χ0v) is 18.3. The van der Waals surface area contributed by atoms with Gasteiger partial charge >= 0.3 is 0 Å². The number of methoxy groups -OCH3 is 1. The summed E-state index contributed by atoms with van der Waals surface area (Å²) in [6.45, 7) is 2.82. The lowest BCUT2D eigenvalue weighted by Gasteiger charge is -2.22. The molecule has 0 saturated heterocycles. The van der Waals surface area contributed by atoms with E-state index in [0.717, 1.165) is 22.9 Å². The molecule has 0 aliphatic carbocycles. The van der Waals surface area contributed by atoms with E-state index in [9.17, 15) is 4.79 Å². The Morgan fingerprint density at radius 3 is 2.74 bits per heavy atom. The molecule has 1 amide bonds. The minimum Gasteiger partial charge on any atom is -0.497 e. The third kappa shape index (κ3) is 5.80. The molecule has 0 aliphatic rings. The number of thioether (sulfide) groups is 1. The topological polar surface area (TPSA) is 80.4 Å². The van der Waals surface area contributed by atoms with Gasteiger partial charge in [0.15, 0.2) is 5.16 Å². The van der Waals surface area contributed by atoms with Crippen molar-refractivity contribution < 1.29 is 14.3 Å². The third-order valence-electron chi connectivity index (χ3n) is 4.47. The second kappa shape index (κ2) is 11.1. The number of hydrogen-bond acceptors (Lipinski definition) is 6. The molecule has 8 heteroatoms. The number of nitrogens with zero attached hydrogens (tertiary/aromatic N) is 4. The zero-order valence-electron chi connectivity index (χ0n) is 17.5. The molecule has 0 unspecified atom stereocenters. The van der Waals surface area contributed by atoms with E-state index in [0.29, 0.717) is 18.3 Å². The minimum atomic E-state index is -0.0930. The Hall–Kier alpha value is -3.44. The molecule has 0 bridgehead atoms. The standard InChI is InChI=1S/C23H24N4O3S/c1-3-30-20-10-8-18(9-11-20)26(14-5-12-24)22(28)17-31-23-25-13-15-27(23)19-6-4-7-21(16-19)29-2/h4,6-11,13,15-16H,3,5,14,17H2,1-2H3. The van der Waals surface area contributed by atoms with Gasteiger partial charge in [-0.25, -0.2) is 4.98 Å². The second-order valence-corrected chi connectivity index (χ2v) is 7.39. The van der Waals surface area contributed by atoms with E-state index in [1.165, 1.54) is 11.8 Å². The average molecular weight is 437 g/mol. The molecule has 0 aliphatic heterocycles. The number of carbonyl (C=O) groups excluding carboxylic acids is 1. The van der Waals surface area contributed by atoms with Crippen LogP contribution in [0.1, 0.15) is 13.3 Å². The smallest absolute Gasteiger partial charge is 0.237 e. The number of nitriles is 1. The predicted octanol–water partition coefficient (Wildman–Crippen LogP) is 4.32. The summed E-state index contributed by atoms with van der Waals surface area (Å²) in [5.74, 6) is 1.59. The number of anilines is 1. The van der Waals surface area contributed by atoms with Crippen LogP contribution in [0.5, 0.6) is 11.5 Å². The molecule has 0 N–H and O–H groups in total. The minimum absolute atomic E-state index is 0.0930. The number of hydrogen-bond donors (Lipinski definition) is 0. The van der Waals surface area contributed by atoms with Gasteiger partial charge in [0, 0.05) is 30.7 Å². The molecule has 2 aromatic carbocycles. The summed E-state index contributed by atoms with van der Waals surface area (Å²) in [5.41, 5.74) is 1.64. The third-order valence-corrected chi connectivity index (χ3v) is 5.42. The Bertz CT molecular complexity index is 1040. The van der Waals surface area contributed by atoms with Crippen molar-refractivity contribution in [3.05, 3.63) is 60.9 Å². The fourth-order valence-corrected chi connectivity index (χ4v) is 3.86. The summed E-state index contributed by atoms with van der Waals surface area (Å²) in [7, 11) is 1.62. The van der Waals surface area contributed by atoms with Crippen molar-refractivity contribution >= 4 is 23.4 Å². The quantitative estimate of drug-likeness (QED) is 0.441. The lowest BCUT2D eigenvalue weighted by Crippen LogP contribution is -2.33. The van der Waals surface area contributed by atoms with Gasteiger partial charge in [0.05, 0.1) is 37.6 Å². The lowest BCUT2D eigenvalue weighted by atomic mass is 10.2. The predicted molar refractivity (Wildman–Crippen MR) is 121 cm³/mol. The molecule has 0 fully saturated rings. The molecule has 3 aromatic rings. The first kappa shape index (κ1) is 22.2. The summed E-state index contributed by atoms with van der Waals surface area (Å²) in [6.07, 6.45) is 3.80. The zero-order chi connectivity index (χ0) is 22.1. The largest absolute Gasteiger partial charge is 0.497 e. The summed E-state index contributed by atoms with van der Waals surface area (Å²) >= 11 is 1.35. The number of aromatic nitrogens is 2. The summed E-state index contributed by atoms with van der Waals surface area (Å²) in [4.78, 5) is 19.0. The van der Waals surface area contributed by atoms with E-state index in [2.05, 4.69) is 11.1 Å². The fraction of sp³-hybridized carbons (Fsp3) is 0.261. The van der Waals surface area contributed by atoms with Gasteiger partial charge < -0.3 is 14.4 Å². The number of amides is 1. The van der Waals surface area contributed by atoms with E-state index < -0.39 is 0 Å². The number of ether oxygens (including phenoxy) is 2. The van der Waals surface area contributed by atoms with Crippen LogP contribution in [-0.4, -0.2) is 41.5 Å². The van der Waals surface area contributed by atoms with Gasteiger partial charge in [-0.15, -0.1) is 0 Å². The maximum atomic E-state index is 13.0. The van der Waals surface area contributed by atoms with Gasteiger partial charge in [-0.3, -0.25) is 9.36 Å². The first-order valence-electron chi connectivity index (χ1n) is 9.87. The van der Waals surface area contributed by atoms with E-state index in [1.807, 2.05) is 66.2 Å². The van der Waals surface area contributed by atoms with Crippen molar-refractivity contribution in [1.29, 1.82) is 5.26 Å². The van der Waals surface area contributed by atoms with Crippen molar-refractivity contribution in [2.24, 2.45) is 0 Å². The highest BCUT2D eigenvalue weighted by Crippen LogP contribution is 2.25. The van der Waals surface area contributed by atoms with Gasteiger partial charge in [-0.2, -0.15) is 5.26 Å². The van der Waals surface area contributed by atoms with Crippen LogP contribution >= 0.6 is 11.8 Å². The molecule has 1 heterocycles. The Labute approximate surface area is 186 Å². The second-order valence-electron chi connectivity index (χ2n) is 6.45. The van der Waals surface area contributed by atoms with Crippen LogP contribution in [0.2, 0.25) is 0 Å². The van der Waals surface area contributed by atoms with Crippen LogP contribution in [0, 0.1) is 11.3 Å². The Balaban J connectivity index is 1.73. The highest BCUT2D eigenvalue weighted by atomic mass is 32.2. The van der Waals surface area contributed by atoms with Gasteiger partial charge in [0.1, 0.15) is 11.5 Å². The average Bonchev–Trinajstić information content (AvgIpc) is 3.28. The summed E-state index contributed by atoms with van der Waals surface area (Å²) < 4.78 is 12.7. The van der Waals surface area contributed by atoms with Crippen LogP contribution in [0.4, 0.5) is 5.69 Å². The molecule has 0 saturated carbocycles. The molecule has 1 aromatic heterocycles. The molecule has 0 atom stereocenters. The molecular formula is C23H24N4O3S. The van der Waals surface area contributed by atoms with E-state index in [4.69, 9.17) is 14.7 Å². The SMILES string of the molecule is CCOc1ccc(N(CCC#N)C(=O)CSc2nccn2-c2cccc(OC)c2)cc1. The van der Waals surface area contributed by atoms with Crippen LogP contribution < -0.4 is 14.4 Å². The number of carbonyl (C=O) groups is 1. The molecule has 3 rings (SSSR count). The van der Waals surface area contributed by atoms with Crippen molar-refractivity contribution in [2.75, 3.05) is 30.9 Å². The van der Waals surface area contributed by atoms with Crippen LogP contribution in [0.15, 0.2) is 66.1 Å². The lowest BCUT2D eigenvalue weighted by molar-refractivity contribution is -0.116. The van der Waals surface area contributed by atoms with Crippen molar-refractivity contribution in [2.45, 2.75) is 18.5 Å². The maximum absolute atomic E-state index is 13.0. The molecule has 160 valence electrons. The van der Waals surface area contributed by atoms with Gasteiger partial charge in [-0.1, -0.05) is 17.8 Å². The van der Waals surface area contributed by atoms with Gasteiger partial charge in [-0.05, 0) is 43.3 Å². The highest BCUT2D eigenvalue weighted by Gasteiger charge is 2.18. The van der Waals surface area contributed by atoms with Crippen LogP contribution in [0.25, 0.3) is 5.69 Å². The Morgan fingerprint density at radius 1 is 1.23 bits per heavy atom. The number of rotatable bonds is 10. The van der Waals surface area contributed by atoms with Crippen molar-refractivity contribution in [1.82, 2.24) is 9.55 Å². The van der Waals surface area contributed by atoms with Gasteiger partial charge in [0.2, 0.25) is 5.91 Å². The number of imidazole rings is 1. The van der Waals surface area contributed by atoms with Crippen LogP contribution in [-0.2, 0) is 4.79 Å². The molecular weight excluding hydrogens is 412 g/mol. The number of benzene rings is 2. The van der Waals surface area contributed by atoms with Gasteiger partial charge in [0.25, 0.3) is 0 Å². The maximum Gasteiger partial charge on any atom is 0.237 e. The molecule has 0 radical (unpaired) electrons. The van der Waals surface area contributed by atoms with Crippen molar-refractivity contribution in [3.63, 3.8) is 0 Å². The van der Waals surface area contributed by atoms with Crippen LogP contribution in [0.3, 0.4) is 0 Å². The van der Waals surface area contributed by atoms with E-state index in [-0.39, 0.29) is 18.1 Å². The first-order valence-corrected chi connectivity index (χ1v) is 10.9. The Morgan fingerprint density at radius 2 is 2.03 bits per heavy atom. The summed E-state index contributed by atoms with van der Waals surface area (Å²) in [6, 6.07) is 17.1. The molecule has 7 nitrogen and oxygen atoms in total. The van der Waals surface area contributed by atoms with E-state index >= 15 is 0 Å². The Kier molecular flexibility index (Phi) is 7.96. The normalized spacial score (nSPS) is 10.4. The molecule has 31 heavy (non-hydrogen) atoms. The van der Waals surface area contributed by atoms with E-state index in [1.54, 1.807) is 18.2 Å². The monoisotopic (exact) mass is 436 g/mol. The molecule has 0 spiro atoms. The van der Waals surface area contributed by atoms with Crippen molar-refractivity contribution in [3.8, 4) is 23.3 Å².